The Morgan fingerprint density at radius 1 is 1.17 bits per heavy atom. The summed E-state index contributed by atoms with van der Waals surface area (Å²) in [7, 11) is 0. The van der Waals surface area contributed by atoms with Gasteiger partial charge in [-0.1, -0.05) is 51.1 Å². The van der Waals surface area contributed by atoms with Gasteiger partial charge in [0.25, 0.3) is 0 Å². The van der Waals surface area contributed by atoms with Gasteiger partial charge in [-0.25, -0.2) is 0 Å². The molecule has 0 aliphatic heterocycles. The molecule has 1 aromatic carbocycles. The minimum Gasteiger partial charge on any atom is -0.299 e. The molecule has 96 valence electrons. The second-order valence-corrected chi connectivity index (χ2v) is 6.86. The van der Waals surface area contributed by atoms with E-state index in [1.54, 1.807) is 0 Å². The van der Waals surface area contributed by atoms with E-state index in [1.807, 2.05) is 6.07 Å². The molecule has 0 heterocycles. The summed E-state index contributed by atoms with van der Waals surface area (Å²) >= 11 is 0. The van der Waals surface area contributed by atoms with Crippen LogP contribution in [0.25, 0.3) is 0 Å². The smallest absolute Gasteiger partial charge is 0.142 e. The third-order valence-corrected chi connectivity index (χ3v) is 5.97. The summed E-state index contributed by atoms with van der Waals surface area (Å²) in [6.07, 6.45) is 3.25. The number of ketones is 1. The lowest BCUT2D eigenvalue weighted by Gasteiger charge is -2.32. The molecule has 1 aromatic rings. The van der Waals surface area contributed by atoms with Crippen LogP contribution in [0.5, 0.6) is 0 Å². The number of rotatable bonds is 2. The van der Waals surface area contributed by atoms with Gasteiger partial charge in [0.15, 0.2) is 0 Å². The summed E-state index contributed by atoms with van der Waals surface area (Å²) in [6, 6.07) is 10.5. The molecule has 1 heteroatoms. The van der Waals surface area contributed by atoms with Gasteiger partial charge in [0.1, 0.15) is 5.78 Å². The first-order valence-electron chi connectivity index (χ1n) is 7.05. The number of carbonyl (C=O) groups is 1. The number of fused-ring (bicyclic) bond motifs is 2. The van der Waals surface area contributed by atoms with Crippen LogP contribution in [-0.4, -0.2) is 5.78 Å². The molecule has 1 nitrogen and oxygen atoms in total. The maximum absolute atomic E-state index is 12.7. The third-order valence-electron chi connectivity index (χ3n) is 5.97. The van der Waals surface area contributed by atoms with Crippen LogP contribution < -0.4 is 0 Å². The molecule has 0 spiro atoms. The van der Waals surface area contributed by atoms with Gasteiger partial charge in [-0.05, 0) is 36.2 Å². The van der Waals surface area contributed by atoms with Crippen molar-refractivity contribution in [1.29, 1.82) is 0 Å². The normalized spacial score (nSPS) is 37.2. The fraction of sp³-hybridized carbons (Fsp3) is 0.588. The van der Waals surface area contributed by atoms with Gasteiger partial charge < -0.3 is 0 Å². The Morgan fingerprint density at radius 2 is 1.83 bits per heavy atom. The summed E-state index contributed by atoms with van der Waals surface area (Å²) in [6.45, 7) is 6.79. The first kappa shape index (κ1) is 12.0. The average molecular weight is 242 g/mol. The number of Topliss-reactive ketones (excluding diaryl/α,β-unsaturated/α-hetero) is 1. The molecule has 0 saturated heterocycles. The Labute approximate surface area is 110 Å². The van der Waals surface area contributed by atoms with Crippen molar-refractivity contribution in [2.45, 2.75) is 40.0 Å². The molecule has 0 unspecified atom stereocenters. The van der Waals surface area contributed by atoms with E-state index in [0.717, 1.165) is 12.8 Å². The minimum absolute atomic E-state index is 0.0723. The van der Waals surface area contributed by atoms with E-state index >= 15 is 0 Å². The molecule has 2 aliphatic carbocycles. The summed E-state index contributed by atoms with van der Waals surface area (Å²) in [4.78, 5) is 12.7. The molecule has 2 saturated carbocycles. The van der Waals surface area contributed by atoms with Gasteiger partial charge in [0, 0.05) is 11.3 Å². The van der Waals surface area contributed by atoms with Gasteiger partial charge >= 0.3 is 0 Å². The van der Waals surface area contributed by atoms with E-state index in [1.165, 1.54) is 12.0 Å². The van der Waals surface area contributed by atoms with Crippen molar-refractivity contribution in [1.82, 2.24) is 0 Å². The van der Waals surface area contributed by atoms with Crippen LogP contribution in [0.3, 0.4) is 0 Å². The summed E-state index contributed by atoms with van der Waals surface area (Å²) in [5.41, 5.74) is 1.42. The Hall–Kier alpha value is -1.11. The van der Waals surface area contributed by atoms with Crippen LogP contribution in [0.4, 0.5) is 0 Å². The quantitative estimate of drug-likeness (QED) is 0.769. The topological polar surface area (TPSA) is 17.1 Å². The van der Waals surface area contributed by atoms with E-state index < -0.39 is 0 Å². The fourth-order valence-corrected chi connectivity index (χ4v) is 4.38. The standard InChI is InChI=1S/C17H22O/c1-16(2)14-9-10-17(16,3)15(18)13(14)11-12-7-5-4-6-8-12/h4-8,13-14H,9-11H2,1-3H3/t13-,14+,17-/m1/s1. The zero-order valence-electron chi connectivity index (χ0n) is 11.6. The van der Waals surface area contributed by atoms with Crippen LogP contribution in [0.1, 0.15) is 39.2 Å². The highest BCUT2D eigenvalue weighted by Crippen LogP contribution is 2.66. The van der Waals surface area contributed by atoms with E-state index in [-0.39, 0.29) is 16.7 Å². The third kappa shape index (κ3) is 1.36. The first-order valence-corrected chi connectivity index (χ1v) is 7.05. The van der Waals surface area contributed by atoms with E-state index in [2.05, 4.69) is 45.0 Å². The molecule has 0 amide bonds. The van der Waals surface area contributed by atoms with Crippen molar-refractivity contribution in [2.24, 2.45) is 22.7 Å². The highest BCUT2D eigenvalue weighted by Gasteiger charge is 2.65. The van der Waals surface area contributed by atoms with Crippen LogP contribution in [0, 0.1) is 22.7 Å². The van der Waals surface area contributed by atoms with Crippen molar-refractivity contribution in [3.8, 4) is 0 Å². The van der Waals surface area contributed by atoms with Gasteiger partial charge in [-0.2, -0.15) is 0 Å². The molecule has 2 aliphatic rings. The predicted octanol–water partition coefficient (Wildman–Crippen LogP) is 3.87. The van der Waals surface area contributed by atoms with E-state index in [4.69, 9.17) is 0 Å². The van der Waals surface area contributed by atoms with Crippen molar-refractivity contribution < 1.29 is 4.79 Å². The first-order chi connectivity index (χ1) is 8.47. The molecule has 3 rings (SSSR count). The van der Waals surface area contributed by atoms with Gasteiger partial charge in [-0.3, -0.25) is 4.79 Å². The number of benzene rings is 1. The zero-order chi connectivity index (χ0) is 13.0. The van der Waals surface area contributed by atoms with Gasteiger partial charge in [-0.15, -0.1) is 0 Å². The Kier molecular flexibility index (Phi) is 2.45. The fourth-order valence-electron chi connectivity index (χ4n) is 4.38. The van der Waals surface area contributed by atoms with Crippen molar-refractivity contribution in [3.63, 3.8) is 0 Å². The summed E-state index contributed by atoms with van der Waals surface area (Å²) in [5.74, 6) is 1.35. The maximum atomic E-state index is 12.7. The molecular weight excluding hydrogens is 220 g/mol. The lowest BCUT2D eigenvalue weighted by molar-refractivity contribution is -0.131. The second kappa shape index (κ2) is 3.69. The van der Waals surface area contributed by atoms with Crippen LogP contribution in [0.15, 0.2) is 30.3 Å². The average Bonchev–Trinajstić information content (AvgIpc) is 2.65. The molecule has 3 atom stereocenters. The van der Waals surface area contributed by atoms with E-state index in [0.29, 0.717) is 11.7 Å². The van der Waals surface area contributed by atoms with Crippen molar-refractivity contribution >= 4 is 5.78 Å². The lowest BCUT2D eigenvalue weighted by Crippen LogP contribution is -2.33. The van der Waals surface area contributed by atoms with Crippen molar-refractivity contribution in [2.75, 3.05) is 0 Å². The molecule has 2 bridgehead atoms. The molecule has 0 radical (unpaired) electrons. The Balaban J connectivity index is 1.90. The number of hydrogen-bond donors (Lipinski definition) is 0. The number of hydrogen-bond acceptors (Lipinski definition) is 1. The maximum Gasteiger partial charge on any atom is 0.142 e. The molecule has 2 fully saturated rings. The molecule has 18 heavy (non-hydrogen) atoms. The minimum atomic E-state index is -0.0723. The lowest BCUT2D eigenvalue weighted by atomic mass is 9.70. The number of carbonyl (C=O) groups excluding carboxylic acids is 1. The summed E-state index contributed by atoms with van der Waals surface area (Å²) in [5, 5.41) is 0. The zero-order valence-corrected chi connectivity index (χ0v) is 11.6. The molecule has 0 aromatic heterocycles. The largest absolute Gasteiger partial charge is 0.299 e. The highest BCUT2D eigenvalue weighted by atomic mass is 16.1. The highest BCUT2D eigenvalue weighted by molar-refractivity contribution is 5.91. The summed E-state index contributed by atoms with van der Waals surface area (Å²) < 4.78 is 0. The Morgan fingerprint density at radius 3 is 2.39 bits per heavy atom. The molecular formula is C17H22O. The van der Waals surface area contributed by atoms with Crippen LogP contribution in [-0.2, 0) is 11.2 Å². The van der Waals surface area contributed by atoms with Gasteiger partial charge in [0.05, 0.1) is 0 Å². The van der Waals surface area contributed by atoms with Crippen LogP contribution in [0.2, 0.25) is 0 Å². The SMILES string of the molecule is CC1(C)[C@H]2CC[C@]1(C)C(=O)[C@@H]2Cc1ccccc1. The van der Waals surface area contributed by atoms with E-state index in [9.17, 15) is 4.79 Å². The Bertz CT molecular complexity index is 474. The van der Waals surface area contributed by atoms with Crippen molar-refractivity contribution in [3.05, 3.63) is 35.9 Å². The monoisotopic (exact) mass is 242 g/mol. The van der Waals surface area contributed by atoms with Crippen LogP contribution >= 0.6 is 0 Å². The predicted molar refractivity (Wildman–Crippen MR) is 73.3 cm³/mol. The van der Waals surface area contributed by atoms with Gasteiger partial charge in [0.2, 0.25) is 0 Å². The molecule has 0 N–H and O–H groups in total. The second-order valence-electron chi connectivity index (χ2n) is 6.86.